The van der Waals surface area contributed by atoms with E-state index in [1.54, 1.807) is 6.92 Å². The SMILES string of the molecule is Cc1ccc(C(=O)CCCOCC(F)(F)F)cc1F. The van der Waals surface area contributed by atoms with Gasteiger partial charge in [0.1, 0.15) is 12.4 Å². The highest BCUT2D eigenvalue weighted by Crippen LogP contribution is 2.15. The third-order valence-corrected chi connectivity index (χ3v) is 2.45. The summed E-state index contributed by atoms with van der Waals surface area (Å²) in [7, 11) is 0. The number of aryl methyl sites for hydroxylation is 1. The molecule has 0 saturated heterocycles. The average molecular weight is 278 g/mol. The van der Waals surface area contributed by atoms with Crippen molar-refractivity contribution in [2.24, 2.45) is 0 Å². The predicted octanol–water partition coefficient (Wildman–Crippen LogP) is 3.68. The van der Waals surface area contributed by atoms with E-state index < -0.39 is 18.6 Å². The van der Waals surface area contributed by atoms with Crippen LogP contribution in [0, 0.1) is 12.7 Å². The van der Waals surface area contributed by atoms with E-state index in [-0.39, 0.29) is 30.8 Å². The summed E-state index contributed by atoms with van der Waals surface area (Å²) in [5.41, 5.74) is 0.656. The first-order valence-electron chi connectivity index (χ1n) is 5.73. The molecule has 0 saturated carbocycles. The van der Waals surface area contributed by atoms with E-state index in [2.05, 4.69) is 4.74 Å². The van der Waals surface area contributed by atoms with E-state index in [1.807, 2.05) is 0 Å². The van der Waals surface area contributed by atoms with Crippen LogP contribution in [0.2, 0.25) is 0 Å². The van der Waals surface area contributed by atoms with Crippen molar-refractivity contribution < 1.29 is 27.1 Å². The minimum atomic E-state index is -4.36. The fourth-order valence-corrected chi connectivity index (χ4v) is 1.43. The van der Waals surface area contributed by atoms with Crippen LogP contribution < -0.4 is 0 Å². The molecule has 19 heavy (non-hydrogen) atoms. The van der Waals surface area contributed by atoms with Crippen molar-refractivity contribution in [3.63, 3.8) is 0 Å². The van der Waals surface area contributed by atoms with Crippen LogP contribution in [-0.4, -0.2) is 25.2 Å². The molecule has 0 amide bonds. The van der Waals surface area contributed by atoms with Gasteiger partial charge in [-0.05, 0) is 25.0 Å². The van der Waals surface area contributed by atoms with Gasteiger partial charge in [0.05, 0.1) is 0 Å². The Morgan fingerprint density at radius 3 is 2.58 bits per heavy atom. The second kappa shape index (κ2) is 6.65. The van der Waals surface area contributed by atoms with Crippen molar-refractivity contribution in [3.05, 3.63) is 35.1 Å². The third-order valence-electron chi connectivity index (χ3n) is 2.45. The first kappa shape index (κ1) is 15.6. The fourth-order valence-electron chi connectivity index (χ4n) is 1.43. The van der Waals surface area contributed by atoms with Crippen LogP contribution in [0.15, 0.2) is 18.2 Å². The number of carbonyl (C=O) groups excluding carboxylic acids is 1. The number of Topliss-reactive ketones (excluding diaryl/α,β-unsaturated/α-hetero) is 1. The normalized spacial score (nSPS) is 11.6. The molecule has 0 spiro atoms. The number of rotatable bonds is 6. The van der Waals surface area contributed by atoms with Crippen LogP contribution >= 0.6 is 0 Å². The second-order valence-corrected chi connectivity index (χ2v) is 4.16. The summed E-state index contributed by atoms with van der Waals surface area (Å²) in [5.74, 6) is -0.784. The molecule has 1 aromatic rings. The van der Waals surface area contributed by atoms with Gasteiger partial charge in [-0.3, -0.25) is 4.79 Å². The number of halogens is 4. The van der Waals surface area contributed by atoms with Gasteiger partial charge in [0.25, 0.3) is 0 Å². The Morgan fingerprint density at radius 1 is 1.32 bits per heavy atom. The molecule has 0 unspecified atom stereocenters. The van der Waals surface area contributed by atoms with E-state index in [0.29, 0.717) is 5.56 Å². The Labute approximate surface area is 108 Å². The van der Waals surface area contributed by atoms with Gasteiger partial charge in [0.15, 0.2) is 5.78 Å². The van der Waals surface area contributed by atoms with E-state index in [9.17, 15) is 22.4 Å². The average Bonchev–Trinajstić information content (AvgIpc) is 2.30. The van der Waals surface area contributed by atoms with Gasteiger partial charge >= 0.3 is 6.18 Å². The zero-order chi connectivity index (χ0) is 14.5. The summed E-state index contributed by atoms with van der Waals surface area (Å²) < 4.78 is 52.9. The van der Waals surface area contributed by atoms with Crippen LogP contribution in [0.25, 0.3) is 0 Å². The predicted molar refractivity (Wildman–Crippen MR) is 61.6 cm³/mol. The lowest BCUT2D eigenvalue weighted by molar-refractivity contribution is -0.173. The van der Waals surface area contributed by atoms with Crippen molar-refractivity contribution in [1.82, 2.24) is 0 Å². The Kier molecular flexibility index (Phi) is 5.47. The van der Waals surface area contributed by atoms with Crippen LogP contribution in [0.5, 0.6) is 0 Å². The lowest BCUT2D eigenvalue weighted by Crippen LogP contribution is -2.17. The first-order valence-corrected chi connectivity index (χ1v) is 5.73. The van der Waals surface area contributed by atoms with Gasteiger partial charge in [-0.1, -0.05) is 12.1 Å². The van der Waals surface area contributed by atoms with Crippen molar-refractivity contribution in [3.8, 4) is 0 Å². The maximum atomic E-state index is 13.2. The van der Waals surface area contributed by atoms with Gasteiger partial charge in [0.2, 0.25) is 0 Å². The largest absolute Gasteiger partial charge is 0.411 e. The quantitative estimate of drug-likeness (QED) is 0.451. The number of carbonyl (C=O) groups is 1. The van der Waals surface area contributed by atoms with Gasteiger partial charge in [-0.2, -0.15) is 13.2 Å². The summed E-state index contributed by atoms with van der Waals surface area (Å²) >= 11 is 0. The van der Waals surface area contributed by atoms with Crippen LogP contribution in [0.4, 0.5) is 17.6 Å². The van der Waals surface area contributed by atoms with Gasteiger partial charge in [-0.25, -0.2) is 4.39 Å². The highest BCUT2D eigenvalue weighted by atomic mass is 19.4. The highest BCUT2D eigenvalue weighted by Gasteiger charge is 2.27. The van der Waals surface area contributed by atoms with Crippen molar-refractivity contribution in [1.29, 1.82) is 0 Å². The molecule has 0 N–H and O–H groups in total. The topological polar surface area (TPSA) is 26.3 Å². The molecule has 0 radical (unpaired) electrons. The number of alkyl halides is 3. The molecule has 0 heterocycles. The zero-order valence-electron chi connectivity index (χ0n) is 10.4. The molecule has 1 aromatic carbocycles. The second-order valence-electron chi connectivity index (χ2n) is 4.16. The zero-order valence-corrected chi connectivity index (χ0v) is 10.4. The van der Waals surface area contributed by atoms with E-state index in [1.165, 1.54) is 12.1 Å². The maximum absolute atomic E-state index is 13.2. The first-order chi connectivity index (χ1) is 8.79. The molecule has 0 bridgehead atoms. The van der Waals surface area contributed by atoms with Crippen molar-refractivity contribution >= 4 is 5.78 Å². The Bertz CT molecular complexity index is 441. The summed E-state index contributed by atoms with van der Waals surface area (Å²) in [4.78, 5) is 11.6. The maximum Gasteiger partial charge on any atom is 0.411 e. The van der Waals surface area contributed by atoms with E-state index in [0.717, 1.165) is 6.07 Å². The molecule has 0 atom stereocenters. The van der Waals surface area contributed by atoms with Crippen molar-refractivity contribution in [2.45, 2.75) is 25.9 Å². The minimum Gasteiger partial charge on any atom is -0.372 e. The molecule has 106 valence electrons. The molecule has 6 heteroatoms. The monoisotopic (exact) mass is 278 g/mol. The van der Waals surface area contributed by atoms with Gasteiger partial charge in [-0.15, -0.1) is 0 Å². The molecule has 0 fully saturated rings. The molecular weight excluding hydrogens is 264 g/mol. The number of ketones is 1. The smallest absolute Gasteiger partial charge is 0.372 e. The van der Waals surface area contributed by atoms with Crippen LogP contribution in [0.1, 0.15) is 28.8 Å². The third kappa shape index (κ3) is 5.83. The van der Waals surface area contributed by atoms with Crippen molar-refractivity contribution in [2.75, 3.05) is 13.2 Å². The van der Waals surface area contributed by atoms with Crippen LogP contribution in [-0.2, 0) is 4.74 Å². The van der Waals surface area contributed by atoms with Gasteiger partial charge in [0, 0.05) is 18.6 Å². The number of ether oxygens (including phenoxy) is 1. The molecule has 1 rings (SSSR count). The number of benzene rings is 1. The lowest BCUT2D eigenvalue weighted by atomic mass is 10.0. The minimum absolute atomic E-state index is 0.0281. The molecule has 0 aliphatic heterocycles. The molecule has 0 aliphatic rings. The Hall–Kier alpha value is -1.43. The number of hydrogen-bond donors (Lipinski definition) is 0. The molecule has 2 nitrogen and oxygen atoms in total. The Morgan fingerprint density at radius 2 is 2.00 bits per heavy atom. The summed E-state index contributed by atoms with van der Waals surface area (Å²) in [6.45, 7) is 0.106. The summed E-state index contributed by atoms with van der Waals surface area (Å²) in [5, 5.41) is 0. The number of hydrogen-bond acceptors (Lipinski definition) is 2. The Balaban J connectivity index is 2.33. The molecule has 0 aromatic heterocycles. The molecule has 0 aliphatic carbocycles. The van der Waals surface area contributed by atoms with E-state index >= 15 is 0 Å². The lowest BCUT2D eigenvalue weighted by Gasteiger charge is -2.07. The summed E-state index contributed by atoms with van der Waals surface area (Å²) in [6.07, 6.45) is -4.16. The summed E-state index contributed by atoms with van der Waals surface area (Å²) in [6, 6.07) is 4.12. The molecular formula is C13H14F4O2. The van der Waals surface area contributed by atoms with E-state index in [4.69, 9.17) is 0 Å². The highest BCUT2D eigenvalue weighted by molar-refractivity contribution is 5.96. The van der Waals surface area contributed by atoms with Gasteiger partial charge < -0.3 is 4.74 Å². The van der Waals surface area contributed by atoms with Crippen LogP contribution in [0.3, 0.4) is 0 Å². The standard InChI is InChI=1S/C13H14F4O2/c1-9-4-5-10(7-11(9)14)12(18)3-2-6-19-8-13(15,16)17/h4-5,7H,2-3,6,8H2,1H3. The fraction of sp³-hybridized carbons (Fsp3) is 0.462.